The average molecular weight is 580 g/mol. The maximum Gasteiger partial charge on any atom is 0.354 e. The number of benzene rings is 1. The predicted octanol–water partition coefficient (Wildman–Crippen LogP) is 6.10. The number of fused-ring (bicyclic) bond motifs is 1. The highest BCUT2D eigenvalue weighted by molar-refractivity contribution is 8.01. The Morgan fingerprint density at radius 3 is 2.50 bits per heavy atom. The Bertz CT molecular complexity index is 1350. The highest BCUT2D eigenvalue weighted by atomic mass is 32.2. The van der Waals surface area contributed by atoms with Crippen molar-refractivity contribution < 1.29 is 17.9 Å². The smallest absolute Gasteiger partial charge is 0.354 e. The second kappa shape index (κ2) is 14.1. The molecule has 0 spiro atoms. The summed E-state index contributed by atoms with van der Waals surface area (Å²) in [4.78, 5) is 30.0. The van der Waals surface area contributed by atoms with Gasteiger partial charge in [0.15, 0.2) is 5.82 Å². The summed E-state index contributed by atoms with van der Waals surface area (Å²) in [6.07, 6.45) is 7.14. The van der Waals surface area contributed by atoms with Crippen LogP contribution in [0.1, 0.15) is 74.9 Å². The van der Waals surface area contributed by atoms with E-state index >= 15 is 0 Å². The molecule has 0 fully saturated rings. The zero-order chi connectivity index (χ0) is 27.7. The van der Waals surface area contributed by atoms with Crippen LogP contribution in [0.2, 0.25) is 0 Å². The summed E-state index contributed by atoms with van der Waals surface area (Å²) >= 11 is 3.16. The number of aryl methyl sites for hydroxylation is 2. The number of aromatic nitrogens is 2. The topological polar surface area (TPSA) is 107 Å². The molecule has 0 saturated carbocycles. The third-order valence-electron chi connectivity index (χ3n) is 6.13. The van der Waals surface area contributed by atoms with Gasteiger partial charge < -0.3 is 4.74 Å². The zero-order valence-electron chi connectivity index (χ0n) is 22.5. The molecular weight excluding hydrogens is 543 g/mol. The number of esters is 1. The van der Waals surface area contributed by atoms with Crippen molar-refractivity contribution in [1.82, 2.24) is 9.55 Å². The number of carbonyl (C=O) groups is 1. The van der Waals surface area contributed by atoms with Crippen molar-refractivity contribution in [1.29, 1.82) is 0 Å². The van der Waals surface area contributed by atoms with Crippen LogP contribution in [0.15, 0.2) is 38.2 Å². The van der Waals surface area contributed by atoms with E-state index in [0.717, 1.165) is 58.9 Å². The first-order valence-electron chi connectivity index (χ1n) is 13.1. The van der Waals surface area contributed by atoms with Crippen molar-refractivity contribution in [3.8, 4) is 5.69 Å². The van der Waals surface area contributed by atoms with Crippen molar-refractivity contribution in [2.45, 2.75) is 88.2 Å². The van der Waals surface area contributed by atoms with Crippen LogP contribution in [0, 0.1) is 13.8 Å². The van der Waals surface area contributed by atoms with Gasteiger partial charge in [0, 0.05) is 17.0 Å². The van der Waals surface area contributed by atoms with Crippen LogP contribution in [0.5, 0.6) is 0 Å². The van der Waals surface area contributed by atoms with E-state index in [0.29, 0.717) is 30.9 Å². The molecule has 0 bridgehead atoms. The zero-order valence-corrected chi connectivity index (χ0v) is 25.0. The van der Waals surface area contributed by atoms with Crippen molar-refractivity contribution in [2.24, 2.45) is 0 Å². The number of nitrogens with zero attached hydrogens (tertiary/aromatic N) is 2. The van der Waals surface area contributed by atoms with Gasteiger partial charge in [0.1, 0.15) is 5.69 Å². The van der Waals surface area contributed by atoms with E-state index < -0.39 is 15.7 Å². The van der Waals surface area contributed by atoms with Crippen LogP contribution in [0.25, 0.3) is 5.69 Å². The first-order chi connectivity index (χ1) is 18.2. The average Bonchev–Trinajstić information content (AvgIpc) is 3.19. The number of nitrogens with one attached hydrogen (secondary N) is 1. The Hall–Kier alpha value is -2.37. The van der Waals surface area contributed by atoms with Crippen LogP contribution in [-0.4, -0.2) is 36.3 Å². The number of carbonyl (C=O) groups excluding carboxylic acids is 1. The van der Waals surface area contributed by atoms with Gasteiger partial charge in [-0.2, -0.15) is 4.98 Å². The molecular formula is C27H37N3O5S3. The van der Waals surface area contributed by atoms with E-state index in [1.807, 2.05) is 13.8 Å². The first kappa shape index (κ1) is 30.2. The molecule has 0 unspecified atom stereocenters. The molecule has 11 heteroatoms. The lowest BCUT2D eigenvalue weighted by molar-refractivity contribution is -0.143. The lowest BCUT2D eigenvalue weighted by Gasteiger charge is -2.17. The first-order valence-corrected chi connectivity index (χ1v) is 16.4. The normalized spacial score (nSPS) is 11.7. The summed E-state index contributed by atoms with van der Waals surface area (Å²) in [5.74, 6) is 0.557. The summed E-state index contributed by atoms with van der Waals surface area (Å²) in [5.41, 5.74) is 1.74. The second-order valence-corrected chi connectivity index (χ2v) is 13.3. The van der Waals surface area contributed by atoms with Crippen LogP contribution < -0.4 is 10.4 Å². The van der Waals surface area contributed by atoms with Gasteiger partial charge in [0.05, 0.1) is 15.7 Å². The monoisotopic (exact) mass is 579 g/mol. The van der Waals surface area contributed by atoms with Gasteiger partial charge in [-0.3, -0.25) is 14.1 Å². The minimum absolute atomic E-state index is 0.0430. The maximum absolute atomic E-state index is 13.1. The largest absolute Gasteiger partial charge is 0.466 e. The highest BCUT2D eigenvalue weighted by Gasteiger charge is 2.27. The Balaban J connectivity index is 1.92. The van der Waals surface area contributed by atoms with Crippen LogP contribution >= 0.6 is 23.1 Å². The van der Waals surface area contributed by atoms with Gasteiger partial charge in [0.25, 0.3) is 10.0 Å². The molecule has 38 heavy (non-hydrogen) atoms. The van der Waals surface area contributed by atoms with E-state index in [-0.39, 0.29) is 16.7 Å². The fraction of sp³-hybridized carbons (Fsp3) is 0.519. The minimum Gasteiger partial charge on any atom is -0.466 e. The predicted molar refractivity (Wildman–Crippen MR) is 155 cm³/mol. The summed E-state index contributed by atoms with van der Waals surface area (Å²) < 4.78 is 36.2. The number of ether oxygens (including phenoxy) is 1. The molecule has 0 radical (unpaired) electrons. The van der Waals surface area contributed by atoms with Gasteiger partial charge in [-0.1, -0.05) is 43.9 Å². The molecule has 1 aromatic carbocycles. The molecule has 0 aromatic heterocycles. The number of hydrogen-bond donors (Lipinski definition) is 1. The van der Waals surface area contributed by atoms with Crippen molar-refractivity contribution >= 4 is 44.9 Å². The van der Waals surface area contributed by atoms with Gasteiger partial charge in [0.2, 0.25) is 0 Å². The summed E-state index contributed by atoms with van der Waals surface area (Å²) in [6, 6.07) is 6.53. The van der Waals surface area contributed by atoms with Crippen molar-refractivity contribution in [2.75, 3.05) is 17.1 Å². The summed E-state index contributed by atoms with van der Waals surface area (Å²) in [7, 11) is -3.93. The van der Waals surface area contributed by atoms with Gasteiger partial charge in [-0.05, 0) is 64.3 Å². The molecule has 2 aliphatic rings. The number of anilines is 1. The molecule has 1 N–H and O–H groups in total. The Morgan fingerprint density at radius 1 is 1.08 bits per heavy atom. The van der Waals surface area contributed by atoms with Crippen molar-refractivity contribution in [3.63, 3.8) is 0 Å². The van der Waals surface area contributed by atoms with Crippen LogP contribution in [0.4, 0.5) is 5.82 Å². The van der Waals surface area contributed by atoms with Gasteiger partial charge in [-0.25, -0.2) is 13.2 Å². The number of rotatable bonds is 15. The highest BCUT2D eigenvalue weighted by Crippen LogP contribution is 2.39. The molecule has 3 rings (SSSR count). The van der Waals surface area contributed by atoms with E-state index in [2.05, 4.69) is 16.6 Å². The molecule has 2 aliphatic heterocycles. The Morgan fingerprint density at radius 2 is 1.82 bits per heavy atom. The fourth-order valence-corrected chi connectivity index (χ4v) is 7.69. The van der Waals surface area contributed by atoms with Crippen LogP contribution in [0.3, 0.4) is 0 Å². The van der Waals surface area contributed by atoms with E-state index in [1.54, 1.807) is 46.7 Å². The number of hydrogen-bond acceptors (Lipinski definition) is 8. The van der Waals surface area contributed by atoms with Crippen molar-refractivity contribution in [3.05, 3.63) is 50.9 Å². The molecule has 1 aromatic rings. The number of thioether (sulfide) groups is 1. The summed E-state index contributed by atoms with van der Waals surface area (Å²) in [6.45, 7) is 8.12. The number of unbranched alkanes of at least 4 members (excludes halogenated alkanes) is 4. The third-order valence-corrected chi connectivity index (χ3v) is 10.2. The molecule has 2 heterocycles. The SMILES string of the molecule is CCCCCCc1sc(SCCCCC(=O)OCC)c2c(NS(=O)(=O)c3ccc(C)cc3)nc(=O)n-2c1C. The lowest BCUT2D eigenvalue weighted by atomic mass is 10.1. The summed E-state index contributed by atoms with van der Waals surface area (Å²) in [5, 5.41) is 0. The quantitative estimate of drug-likeness (QED) is 0.132. The number of sulfonamides is 1. The lowest BCUT2D eigenvalue weighted by Crippen LogP contribution is -2.18. The van der Waals surface area contributed by atoms with E-state index in [9.17, 15) is 18.0 Å². The molecule has 0 amide bonds. The fourth-order valence-electron chi connectivity index (χ4n) is 4.04. The molecule has 8 nitrogen and oxygen atoms in total. The second-order valence-electron chi connectivity index (χ2n) is 9.16. The molecule has 208 valence electrons. The van der Waals surface area contributed by atoms with Gasteiger partial charge in [-0.15, -0.1) is 23.1 Å². The van der Waals surface area contributed by atoms with E-state index in [4.69, 9.17) is 4.74 Å². The van der Waals surface area contributed by atoms with Gasteiger partial charge >= 0.3 is 11.7 Å². The third kappa shape index (κ3) is 7.83. The van der Waals surface area contributed by atoms with E-state index in [1.165, 1.54) is 12.1 Å². The Labute approximate surface area is 233 Å². The minimum atomic E-state index is -3.93. The molecule has 0 aliphatic carbocycles. The van der Waals surface area contributed by atoms with Crippen LogP contribution in [-0.2, 0) is 26.0 Å². The standard InChI is InChI=1S/C27H37N3O5S3/c1-5-7-8-9-12-22-20(4)30-24(26(37-22)36-18-11-10-13-23(31)35-6-2)25(28-27(30)32)29-38(33,34)21-16-14-19(3)15-17-21/h14-17H,5-13,18H2,1-4H3,(H,28,29,32). The molecule has 0 atom stereocenters. The molecule has 0 saturated heterocycles. The number of imidazole rings is 1. The maximum atomic E-state index is 13.1. The Kier molecular flexibility index (Phi) is 11.2.